The van der Waals surface area contributed by atoms with Crippen LogP contribution in [0.15, 0.2) is 78.1 Å². The second kappa shape index (κ2) is 12.7. The van der Waals surface area contributed by atoms with Gasteiger partial charge in [-0.25, -0.2) is 22.6 Å². The maximum Gasteiger partial charge on any atom is 0.435 e. The van der Waals surface area contributed by atoms with Crippen molar-refractivity contribution in [3.8, 4) is 5.75 Å². The van der Waals surface area contributed by atoms with Gasteiger partial charge in [-0.05, 0) is 35.9 Å². The van der Waals surface area contributed by atoms with Crippen molar-refractivity contribution in [2.75, 3.05) is 32.7 Å². The summed E-state index contributed by atoms with van der Waals surface area (Å²) in [5.74, 6) is -0.998. The molecular weight excluding hydrogens is 589 g/mol. The summed E-state index contributed by atoms with van der Waals surface area (Å²) < 4.78 is 75.4. The standard InChI is InChI=1S/C28H29F3N6O5S/c29-28(30,31)26-23(24-10-11-32-19-37(24)34-26)18-42-21-6-8-22(9-7-21)43(40,41)33-16-25(27(38)39)36-14-12-35(13-15-36)17-20-4-2-1-3-5-20/h1-11,19,25,33H,12-18H2,(H,38,39)/t25-/m0/s1. The van der Waals surface area contributed by atoms with Crippen LogP contribution in [0.25, 0.3) is 5.52 Å². The molecule has 0 saturated carbocycles. The first-order chi connectivity index (χ1) is 20.5. The maximum absolute atomic E-state index is 13.5. The first kappa shape index (κ1) is 30.4. The van der Waals surface area contributed by atoms with E-state index in [0.29, 0.717) is 26.2 Å². The third-order valence-corrected chi connectivity index (χ3v) is 8.62. The molecule has 15 heteroatoms. The zero-order valence-electron chi connectivity index (χ0n) is 22.8. The van der Waals surface area contributed by atoms with Crippen LogP contribution in [0.2, 0.25) is 0 Å². The Morgan fingerprint density at radius 2 is 1.72 bits per heavy atom. The molecule has 2 aromatic heterocycles. The normalized spacial score (nSPS) is 15.9. The Morgan fingerprint density at radius 1 is 1.02 bits per heavy atom. The number of carboxylic acids is 1. The highest BCUT2D eigenvalue weighted by atomic mass is 32.2. The minimum Gasteiger partial charge on any atom is -0.489 e. The lowest BCUT2D eigenvalue weighted by atomic mass is 10.1. The van der Waals surface area contributed by atoms with Crippen molar-refractivity contribution in [1.29, 1.82) is 0 Å². The van der Waals surface area contributed by atoms with Crippen molar-refractivity contribution >= 4 is 21.5 Å². The van der Waals surface area contributed by atoms with Crippen molar-refractivity contribution in [2.45, 2.75) is 30.3 Å². The Morgan fingerprint density at radius 3 is 2.37 bits per heavy atom. The lowest BCUT2D eigenvalue weighted by Gasteiger charge is -2.37. The molecule has 0 spiro atoms. The fourth-order valence-electron chi connectivity index (χ4n) is 4.92. The molecule has 0 amide bonds. The minimum absolute atomic E-state index is 0.136. The van der Waals surface area contributed by atoms with E-state index in [-0.39, 0.29) is 28.3 Å². The van der Waals surface area contributed by atoms with Crippen molar-refractivity contribution in [1.82, 2.24) is 29.1 Å². The number of benzene rings is 2. The Labute approximate surface area is 245 Å². The van der Waals surface area contributed by atoms with Crippen molar-refractivity contribution in [3.63, 3.8) is 0 Å². The summed E-state index contributed by atoms with van der Waals surface area (Å²) in [6.07, 6.45) is -2.21. The summed E-state index contributed by atoms with van der Waals surface area (Å²) in [5.41, 5.74) is 0.0497. The average Bonchev–Trinajstić information content (AvgIpc) is 3.37. The first-order valence-electron chi connectivity index (χ1n) is 13.4. The van der Waals surface area contributed by atoms with Crippen LogP contribution in [-0.2, 0) is 34.1 Å². The van der Waals surface area contributed by atoms with E-state index in [1.54, 1.807) is 4.90 Å². The first-order valence-corrected chi connectivity index (χ1v) is 14.8. The second-order valence-corrected chi connectivity index (χ2v) is 11.8. The van der Waals surface area contributed by atoms with E-state index in [0.717, 1.165) is 23.0 Å². The maximum atomic E-state index is 13.5. The van der Waals surface area contributed by atoms with Gasteiger partial charge >= 0.3 is 12.1 Å². The Kier molecular flexibility index (Phi) is 8.96. The summed E-state index contributed by atoms with van der Waals surface area (Å²) in [6, 6.07) is 15.4. The van der Waals surface area contributed by atoms with Gasteiger partial charge in [0, 0.05) is 51.0 Å². The number of rotatable bonds is 11. The molecular formula is C28H29F3N6O5S. The van der Waals surface area contributed by atoms with Gasteiger partial charge in [-0.2, -0.15) is 18.3 Å². The summed E-state index contributed by atoms with van der Waals surface area (Å²) >= 11 is 0. The molecule has 4 aromatic rings. The number of halogens is 3. The van der Waals surface area contributed by atoms with E-state index in [1.807, 2.05) is 30.3 Å². The lowest BCUT2D eigenvalue weighted by Crippen LogP contribution is -2.55. The number of nitrogens with zero attached hydrogens (tertiary/aromatic N) is 5. The number of alkyl halides is 3. The number of fused-ring (bicyclic) bond motifs is 1. The fraction of sp³-hybridized carbons (Fsp3) is 0.321. The Bertz CT molecular complexity index is 1660. The molecule has 228 valence electrons. The zero-order chi connectivity index (χ0) is 30.6. The van der Waals surface area contributed by atoms with Gasteiger partial charge in [-0.1, -0.05) is 30.3 Å². The highest BCUT2D eigenvalue weighted by Gasteiger charge is 2.38. The molecule has 2 aromatic carbocycles. The number of nitrogens with one attached hydrogen (secondary N) is 1. The van der Waals surface area contributed by atoms with Crippen molar-refractivity contribution in [2.24, 2.45) is 0 Å². The summed E-state index contributed by atoms with van der Waals surface area (Å²) in [7, 11) is -4.08. The van der Waals surface area contributed by atoms with Gasteiger partial charge in [-0.3, -0.25) is 14.6 Å². The molecule has 0 unspecified atom stereocenters. The van der Waals surface area contributed by atoms with Crippen molar-refractivity contribution < 1.29 is 36.2 Å². The molecule has 43 heavy (non-hydrogen) atoms. The van der Waals surface area contributed by atoms with Gasteiger partial charge in [0.2, 0.25) is 10.0 Å². The van der Waals surface area contributed by atoms with Crippen LogP contribution in [0.1, 0.15) is 16.8 Å². The number of carbonyl (C=O) groups is 1. The molecule has 11 nitrogen and oxygen atoms in total. The Hall–Kier alpha value is -4.05. The topological polar surface area (TPSA) is 129 Å². The smallest absolute Gasteiger partial charge is 0.435 e. The van der Waals surface area contributed by atoms with E-state index in [2.05, 4.69) is 19.7 Å². The van der Waals surface area contributed by atoms with Gasteiger partial charge in [-0.15, -0.1) is 0 Å². The van der Waals surface area contributed by atoms with Gasteiger partial charge < -0.3 is 9.84 Å². The van der Waals surface area contributed by atoms with Crippen LogP contribution in [0.4, 0.5) is 13.2 Å². The quantitative estimate of drug-likeness (QED) is 0.261. The summed E-state index contributed by atoms with van der Waals surface area (Å²) in [5, 5.41) is 13.4. The molecule has 5 rings (SSSR count). The molecule has 2 N–H and O–H groups in total. The molecule has 3 heterocycles. The van der Waals surface area contributed by atoms with Crippen LogP contribution >= 0.6 is 0 Å². The second-order valence-electron chi connectivity index (χ2n) is 10.00. The molecule has 0 radical (unpaired) electrons. The zero-order valence-corrected chi connectivity index (χ0v) is 23.6. The van der Waals surface area contributed by atoms with Crippen LogP contribution in [0, 0.1) is 0 Å². The van der Waals surface area contributed by atoms with E-state index in [9.17, 15) is 31.5 Å². The van der Waals surface area contributed by atoms with E-state index in [4.69, 9.17) is 4.74 Å². The van der Waals surface area contributed by atoms with Crippen molar-refractivity contribution in [3.05, 3.63) is 90.0 Å². The highest BCUT2D eigenvalue weighted by Crippen LogP contribution is 2.33. The molecule has 1 aliphatic rings. The van der Waals surface area contributed by atoms with E-state index >= 15 is 0 Å². The molecule has 0 bridgehead atoms. The predicted molar refractivity (Wildman–Crippen MR) is 149 cm³/mol. The number of hydrogen-bond donors (Lipinski definition) is 2. The fourth-order valence-corrected chi connectivity index (χ4v) is 5.96. The summed E-state index contributed by atoms with van der Waals surface area (Å²) in [6.45, 7) is 2.17. The van der Waals surface area contributed by atoms with Gasteiger partial charge in [0.05, 0.1) is 10.4 Å². The number of carboxylic acid groups (broad SMARTS) is 1. The monoisotopic (exact) mass is 618 g/mol. The highest BCUT2D eigenvalue weighted by molar-refractivity contribution is 7.89. The Balaban J connectivity index is 1.18. The number of ether oxygens (including phenoxy) is 1. The SMILES string of the molecule is O=C(O)[C@H](CNS(=O)(=O)c1ccc(OCc2c(C(F)(F)F)nn3cnccc23)cc1)N1CCN(Cc2ccccc2)CC1. The van der Waals surface area contributed by atoms with Gasteiger partial charge in [0.15, 0.2) is 5.69 Å². The third kappa shape index (κ3) is 7.30. The number of hydrogen-bond acceptors (Lipinski definition) is 8. The lowest BCUT2D eigenvalue weighted by molar-refractivity contribution is -0.144. The largest absolute Gasteiger partial charge is 0.489 e. The van der Waals surface area contributed by atoms with Crippen LogP contribution in [0.5, 0.6) is 5.75 Å². The average molecular weight is 619 g/mol. The number of aromatic nitrogens is 3. The molecule has 1 fully saturated rings. The molecule has 1 saturated heterocycles. The molecule has 1 aliphatic heterocycles. The van der Waals surface area contributed by atoms with Crippen LogP contribution in [-0.4, -0.2) is 82.7 Å². The number of aliphatic carboxylic acids is 1. The van der Waals surface area contributed by atoms with E-state index in [1.165, 1.54) is 36.5 Å². The predicted octanol–water partition coefficient (Wildman–Crippen LogP) is 2.88. The molecule has 0 aliphatic carbocycles. The van der Waals surface area contributed by atoms with E-state index < -0.39 is 40.5 Å². The number of piperazine rings is 1. The minimum atomic E-state index is -4.71. The third-order valence-electron chi connectivity index (χ3n) is 7.18. The number of sulfonamides is 1. The van der Waals surface area contributed by atoms with Gasteiger partial charge in [0.25, 0.3) is 0 Å². The molecule has 1 atom stereocenters. The van der Waals surface area contributed by atoms with Crippen LogP contribution in [0.3, 0.4) is 0 Å². The summed E-state index contributed by atoms with van der Waals surface area (Å²) in [4.78, 5) is 19.6. The van der Waals surface area contributed by atoms with Gasteiger partial charge in [0.1, 0.15) is 24.7 Å². The van der Waals surface area contributed by atoms with Crippen LogP contribution < -0.4 is 9.46 Å².